The van der Waals surface area contributed by atoms with Crippen LogP contribution in [-0.4, -0.2) is 22.5 Å². The maximum Gasteiger partial charge on any atom is 0.252 e. The summed E-state index contributed by atoms with van der Waals surface area (Å²) in [6, 6.07) is 7.83. The number of nitrogens with one attached hydrogen (secondary N) is 1. The van der Waals surface area contributed by atoms with Gasteiger partial charge in [-0.3, -0.25) is 4.79 Å². The highest BCUT2D eigenvalue weighted by Gasteiger charge is 2.48. The number of unbranched alkanes of at least 4 members (excludes halogenated alkanes) is 13. The molecule has 2 rings (SSSR count). The number of hydrogen-bond acceptors (Lipinski definition) is 3. The van der Waals surface area contributed by atoms with Gasteiger partial charge in [0.25, 0.3) is 5.91 Å². The van der Waals surface area contributed by atoms with E-state index in [0.29, 0.717) is 18.4 Å². The molecular formula is C27H45N3O2. The fourth-order valence-electron chi connectivity index (χ4n) is 4.30. The van der Waals surface area contributed by atoms with E-state index < -0.39 is 5.54 Å². The van der Waals surface area contributed by atoms with Crippen molar-refractivity contribution < 1.29 is 10.0 Å². The van der Waals surface area contributed by atoms with Crippen LogP contribution in [0.2, 0.25) is 0 Å². The normalized spacial score (nSPS) is 15.0. The lowest BCUT2D eigenvalue weighted by molar-refractivity contribution is 0.0942. The van der Waals surface area contributed by atoms with Crippen molar-refractivity contribution in [2.45, 2.75) is 122 Å². The molecule has 0 aliphatic heterocycles. The Bertz CT molecular complexity index is 681. The Balaban J connectivity index is 1.48. The van der Waals surface area contributed by atoms with Crippen LogP contribution in [0.1, 0.15) is 126 Å². The van der Waals surface area contributed by atoms with Crippen molar-refractivity contribution in [2.24, 2.45) is 10.9 Å². The summed E-state index contributed by atoms with van der Waals surface area (Å²) in [6.45, 7) is 2.28. The van der Waals surface area contributed by atoms with Gasteiger partial charge in [-0.05, 0) is 43.4 Å². The van der Waals surface area contributed by atoms with E-state index in [-0.39, 0.29) is 11.7 Å². The molecule has 180 valence electrons. The number of nitrogens with zero attached hydrogens (tertiary/aromatic N) is 1. The molecule has 0 atom stereocenters. The molecule has 0 aromatic heterocycles. The molecule has 0 saturated heterocycles. The lowest BCUT2D eigenvalue weighted by Gasteiger charge is -2.15. The van der Waals surface area contributed by atoms with E-state index in [9.17, 15) is 4.79 Å². The lowest BCUT2D eigenvalue weighted by atomic mass is 10.0. The van der Waals surface area contributed by atoms with Gasteiger partial charge in [-0.25, -0.2) is 0 Å². The van der Waals surface area contributed by atoms with E-state index >= 15 is 0 Å². The van der Waals surface area contributed by atoms with Crippen LogP contribution in [0.15, 0.2) is 29.4 Å². The first-order valence-corrected chi connectivity index (χ1v) is 13.0. The van der Waals surface area contributed by atoms with Crippen LogP contribution in [0.5, 0.6) is 0 Å². The smallest absolute Gasteiger partial charge is 0.252 e. The van der Waals surface area contributed by atoms with Gasteiger partial charge in [-0.15, -0.1) is 0 Å². The third kappa shape index (κ3) is 9.62. The van der Waals surface area contributed by atoms with Crippen LogP contribution in [0.4, 0.5) is 0 Å². The second-order valence-electron chi connectivity index (χ2n) is 9.56. The van der Waals surface area contributed by atoms with Gasteiger partial charge in [0, 0.05) is 5.56 Å². The third-order valence-electron chi connectivity index (χ3n) is 6.74. The number of oxime groups is 1. The molecule has 0 radical (unpaired) electrons. The largest absolute Gasteiger partial charge is 0.409 e. The van der Waals surface area contributed by atoms with Crippen molar-refractivity contribution in [1.82, 2.24) is 5.32 Å². The average Bonchev–Trinajstić information content (AvgIpc) is 3.59. The number of rotatable bonds is 18. The first-order chi connectivity index (χ1) is 15.6. The number of aryl methyl sites for hydroxylation is 1. The zero-order chi connectivity index (χ0) is 23.1. The minimum Gasteiger partial charge on any atom is -0.409 e. The van der Waals surface area contributed by atoms with E-state index in [1.54, 1.807) is 0 Å². The van der Waals surface area contributed by atoms with E-state index in [0.717, 1.165) is 6.42 Å². The van der Waals surface area contributed by atoms with Gasteiger partial charge in [-0.2, -0.15) is 0 Å². The molecule has 1 saturated carbocycles. The molecule has 1 aliphatic carbocycles. The van der Waals surface area contributed by atoms with E-state index in [1.807, 2.05) is 24.3 Å². The Morgan fingerprint density at radius 3 is 1.78 bits per heavy atom. The fraction of sp³-hybridized carbons (Fsp3) is 0.704. The van der Waals surface area contributed by atoms with Crippen LogP contribution >= 0.6 is 0 Å². The van der Waals surface area contributed by atoms with Gasteiger partial charge in [0.2, 0.25) is 0 Å². The van der Waals surface area contributed by atoms with E-state index in [1.165, 1.54) is 95.5 Å². The van der Waals surface area contributed by atoms with Crippen molar-refractivity contribution in [2.75, 3.05) is 0 Å². The van der Waals surface area contributed by atoms with Gasteiger partial charge < -0.3 is 16.3 Å². The molecule has 1 aliphatic rings. The SMILES string of the molecule is CCCCCCCCCCCCCCCCc1ccc(C(=O)NC2(/C(N)=N/O)CC2)cc1. The number of amides is 1. The first kappa shape index (κ1) is 26.2. The average molecular weight is 444 g/mol. The highest BCUT2D eigenvalue weighted by Crippen LogP contribution is 2.35. The summed E-state index contributed by atoms with van der Waals surface area (Å²) in [7, 11) is 0. The Morgan fingerprint density at radius 2 is 1.34 bits per heavy atom. The zero-order valence-corrected chi connectivity index (χ0v) is 20.2. The molecule has 1 fully saturated rings. The number of carbonyl (C=O) groups is 1. The predicted octanol–water partition coefficient (Wildman–Crippen LogP) is 6.72. The van der Waals surface area contributed by atoms with Crippen LogP contribution < -0.4 is 11.1 Å². The van der Waals surface area contributed by atoms with Crippen LogP contribution in [0.25, 0.3) is 0 Å². The van der Waals surface area contributed by atoms with Gasteiger partial charge in [0.1, 0.15) is 5.54 Å². The molecule has 4 N–H and O–H groups in total. The maximum absolute atomic E-state index is 12.4. The molecule has 5 heteroatoms. The summed E-state index contributed by atoms with van der Waals surface area (Å²) in [5, 5.41) is 14.8. The molecule has 0 heterocycles. The Morgan fingerprint density at radius 1 is 0.875 bits per heavy atom. The number of amidine groups is 1. The molecule has 0 spiro atoms. The summed E-state index contributed by atoms with van der Waals surface area (Å²) >= 11 is 0. The summed E-state index contributed by atoms with van der Waals surface area (Å²) in [5.41, 5.74) is 6.93. The molecule has 5 nitrogen and oxygen atoms in total. The molecule has 32 heavy (non-hydrogen) atoms. The molecule has 0 bridgehead atoms. The third-order valence-corrected chi connectivity index (χ3v) is 6.74. The van der Waals surface area contributed by atoms with Crippen LogP contribution in [0, 0.1) is 0 Å². The Hall–Kier alpha value is -2.04. The summed E-state index contributed by atoms with van der Waals surface area (Å²) in [6.07, 6.45) is 21.7. The molecule has 0 unspecified atom stereocenters. The summed E-state index contributed by atoms with van der Waals surface area (Å²) < 4.78 is 0. The van der Waals surface area contributed by atoms with Crippen LogP contribution in [-0.2, 0) is 6.42 Å². The van der Waals surface area contributed by atoms with Gasteiger partial charge in [-0.1, -0.05) is 108 Å². The maximum atomic E-state index is 12.4. The molecule has 1 aromatic rings. The predicted molar refractivity (Wildman–Crippen MR) is 133 cm³/mol. The van der Waals surface area contributed by atoms with Gasteiger partial charge >= 0.3 is 0 Å². The van der Waals surface area contributed by atoms with Crippen molar-refractivity contribution in [3.8, 4) is 0 Å². The first-order valence-electron chi connectivity index (χ1n) is 13.0. The van der Waals surface area contributed by atoms with Crippen molar-refractivity contribution in [3.05, 3.63) is 35.4 Å². The topological polar surface area (TPSA) is 87.7 Å². The van der Waals surface area contributed by atoms with Crippen molar-refractivity contribution in [1.29, 1.82) is 0 Å². The highest BCUT2D eigenvalue weighted by atomic mass is 16.4. The van der Waals surface area contributed by atoms with Gasteiger partial charge in [0.15, 0.2) is 5.84 Å². The minimum absolute atomic E-state index is 0.0836. The lowest BCUT2D eigenvalue weighted by Crippen LogP contribution is -2.46. The number of hydrogen-bond donors (Lipinski definition) is 3. The molecular weight excluding hydrogens is 398 g/mol. The fourth-order valence-corrected chi connectivity index (χ4v) is 4.30. The van der Waals surface area contributed by atoms with E-state index in [2.05, 4.69) is 17.4 Å². The summed E-state index contributed by atoms with van der Waals surface area (Å²) in [5.74, 6) is -0.0857. The Labute approximate surface area is 195 Å². The van der Waals surface area contributed by atoms with E-state index in [4.69, 9.17) is 10.9 Å². The summed E-state index contributed by atoms with van der Waals surface area (Å²) in [4.78, 5) is 12.4. The number of nitrogens with two attached hydrogens (primary N) is 1. The number of carbonyl (C=O) groups excluding carboxylic acids is 1. The monoisotopic (exact) mass is 443 g/mol. The van der Waals surface area contributed by atoms with Crippen LogP contribution in [0.3, 0.4) is 0 Å². The quantitative estimate of drug-likeness (QED) is 0.0773. The molecule has 1 amide bonds. The second kappa shape index (κ2) is 14.9. The highest BCUT2D eigenvalue weighted by molar-refractivity contribution is 6.01. The van der Waals surface area contributed by atoms with Crippen molar-refractivity contribution >= 4 is 11.7 Å². The standard InChI is InChI=1S/C27H45N3O2/c1-2-3-4-5-6-7-8-9-10-11-12-13-14-15-16-23-17-19-24(20-18-23)25(31)29-27(21-22-27)26(28)30-32/h17-20,32H,2-16,21-22H2,1H3,(H2,28,30)(H,29,31). The minimum atomic E-state index is -0.654. The van der Waals surface area contributed by atoms with Gasteiger partial charge in [0.05, 0.1) is 0 Å². The molecule has 1 aromatic carbocycles. The Kier molecular flexibility index (Phi) is 12.2. The number of benzene rings is 1. The van der Waals surface area contributed by atoms with Crippen molar-refractivity contribution in [3.63, 3.8) is 0 Å². The second-order valence-corrected chi connectivity index (χ2v) is 9.56. The zero-order valence-electron chi connectivity index (χ0n) is 20.2.